The summed E-state index contributed by atoms with van der Waals surface area (Å²) in [4.78, 5) is 43.3. The van der Waals surface area contributed by atoms with E-state index in [4.69, 9.17) is 16.3 Å². The number of hydrogen-bond donors (Lipinski definition) is 5. The molecule has 3 aromatic rings. The third kappa shape index (κ3) is 7.78. The molecule has 1 atom stereocenters. The van der Waals surface area contributed by atoms with E-state index in [0.29, 0.717) is 5.56 Å². The lowest BCUT2D eigenvalue weighted by Crippen LogP contribution is -2.53. The lowest BCUT2D eigenvalue weighted by Gasteiger charge is -2.30. The van der Waals surface area contributed by atoms with Gasteiger partial charge in [-0.15, -0.1) is 0 Å². The number of urea groups is 1. The Hall–Kier alpha value is -4.00. The summed E-state index contributed by atoms with van der Waals surface area (Å²) in [6.07, 6.45) is 0.765. The fourth-order valence-electron chi connectivity index (χ4n) is 3.54. The molecule has 3 rings (SSSR count). The van der Waals surface area contributed by atoms with Gasteiger partial charge in [-0.05, 0) is 30.0 Å². The largest absolute Gasteiger partial charge is 0.447 e. The van der Waals surface area contributed by atoms with Crippen molar-refractivity contribution in [2.45, 2.75) is 19.5 Å². The first kappa shape index (κ1) is 30.5. The van der Waals surface area contributed by atoms with Crippen LogP contribution >= 0.6 is 11.6 Å². The number of carbonyl (C=O) groups excluding carboxylic acids is 3. The molecule has 0 radical (unpaired) electrons. The maximum Gasteiger partial charge on any atom is 0.412 e. The number of fused-ring (bicyclic) bond motifs is 1. The number of aliphatic hydroxyl groups is 2. The number of ether oxygens (including phenoxy) is 1. The van der Waals surface area contributed by atoms with Crippen LogP contribution in [-0.2, 0) is 16.1 Å². The lowest BCUT2D eigenvalue weighted by molar-refractivity contribution is -0.135. The van der Waals surface area contributed by atoms with Crippen molar-refractivity contribution in [3.05, 3.63) is 71.1 Å². The Morgan fingerprint density at radius 1 is 1.10 bits per heavy atom. The zero-order valence-electron chi connectivity index (χ0n) is 22.0. The van der Waals surface area contributed by atoms with Crippen molar-refractivity contribution < 1.29 is 33.7 Å². The van der Waals surface area contributed by atoms with Gasteiger partial charge in [0.1, 0.15) is 18.2 Å². The molecule has 1 aromatic heterocycles. The van der Waals surface area contributed by atoms with Crippen LogP contribution < -0.4 is 16.0 Å². The van der Waals surface area contributed by atoms with Crippen molar-refractivity contribution in [2.75, 3.05) is 38.7 Å². The summed E-state index contributed by atoms with van der Waals surface area (Å²) < 4.78 is 19.1. The van der Waals surface area contributed by atoms with E-state index in [9.17, 15) is 29.0 Å². The predicted octanol–water partition coefficient (Wildman–Crippen LogP) is 2.89. The summed E-state index contributed by atoms with van der Waals surface area (Å²) >= 11 is 5.96. The molecular weight excluding hydrogens is 545 g/mol. The van der Waals surface area contributed by atoms with Gasteiger partial charge in [0.25, 0.3) is 0 Å². The molecule has 0 saturated heterocycles. The second-order valence-corrected chi connectivity index (χ2v) is 9.74. The van der Waals surface area contributed by atoms with Gasteiger partial charge in [-0.3, -0.25) is 10.1 Å². The summed E-state index contributed by atoms with van der Waals surface area (Å²) in [6.45, 7) is -0.442. The van der Waals surface area contributed by atoms with Crippen LogP contribution in [0.15, 0.2) is 54.7 Å². The fourth-order valence-corrected chi connectivity index (χ4v) is 3.73. The first-order valence-corrected chi connectivity index (χ1v) is 12.7. The molecule has 0 aliphatic heterocycles. The predicted molar refractivity (Wildman–Crippen MR) is 147 cm³/mol. The number of benzene rings is 2. The summed E-state index contributed by atoms with van der Waals surface area (Å²) in [5.41, 5.74) is -1.10. The highest BCUT2D eigenvalue weighted by Crippen LogP contribution is 2.20. The molecule has 40 heavy (non-hydrogen) atoms. The molecule has 0 fully saturated rings. The Labute approximate surface area is 235 Å². The van der Waals surface area contributed by atoms with Gasteiger partial charge < -0.3 is 30.5 Å². The molecule has 13 heteroatoms. The molecule has 214 valence electrons. The topological polar surface area (TPSA) is 153 Å². The maximum absolute atomic E-state index is 13.7. The van der Waals surface area contributed by atoms with Crippen LogP contribution in [0.5, 0.6) is 0 Å². The number of aliphatic hydroxyl groups excluding tert-OH is 2. The highest BCUT2D eigenvalue weighted by Gasteiger charge is 2.33. The molecule has 0 aliphatic carbocycles. The molecule has 0 bridgehead atoms. The number of halogens is 2. The van der Waals surface area contributed by atoms with Gasteiger partial charge in [-0.25, -0.2) is 19.0 Å². The lowest BCUT2D eigenvalue weighted by atomic mass is 9.92. The Kier molecular flexibility index (Phi) is 10.6. The number of hydrogen-bond acceptors (Lipinski definition) is 7. The van der Waals surface area contributed by atoms with E-state index in [-0.39, 0.29) is 30.5 Å². The zero-order chi connectivity index (χ0) is 29.3. The summed E-state index contributed by atoms with van der Waals surface area (Å²) in [5, 5.41) is 28.3. The average molecular weight is 576 g/mol. The quantitative estimate of drug-likeness (QED) is 0.236. The molecule has 0 saturated carbocycles. The smallest absolute Gasteiger partial charge is 0.412 e. The van der Waals surface area contributed by atoms with E-state index in [1.807, 2.05) is 24.3 Å². The monoisotopic (exact) mass is 575 g/mol. The van der Waals surface area contributed by atoms with Crippen LogP contribution in [0, 0.1) is 11.2 Å². The second-order valence-electron chi connectivity index (χ2n) is 9.36. The number of nitrogens with zero attached hydrogens (tertiary/aromatic N) is 2. The summed E-state index contributed by atoms with van der Waals surface area (Å²) in [5.74, 6) is -1.03. The number of nitrogens with one attached hydrogen (secondary N) is 3. The van der Waals surface area contributed by atoms with E-state index in [1.165, 1.54) is 31.0 Å². The van der Waals surface area contributed by atoms with E-state index < -0.39 is 48.5 Å². The number of carbonyl (C=O) groups is 3. The number of pyridine rings is 1. The van der Waals surface area contributed by atoms with Crippen molar-refractivity contribution in [1.29, 1.82) is 0 Å². The Balaban J connectivity index is 1.66. The maximum atomic E-state index is 13.7. The molecule has 11 nitrogen and oxygen atoms in total. The van der Waals surface area contributed by atoms with Crippen LogP contribution in [0.2, 0.25) is 5.02 Å². The zero-order valence-corrected chi connectivity index (χ0v) is 22.7. The third-order valence-corrected chi connectivity index (χ3v) is 6.77. The molecule has 4 amide bonds. The minimum atomic E-state index is -1.46. The molecule has 0 spiro atoms. The molecule has 0 aliphatic rings. The minimum absolute atomic E-state index is 0.0824. The SMILES string of the molecule is CN(C(=O)NCc1cccc(F)c1Cl)[C@@H](CNC(=O)C(C)(CO)CO)COC(=O)Nc1cc2ccccc2cn1. The van der Waals surface area contributed by atoms with Crippen LogP contribution in [0.4, 0.5) is 19.8 Å². The number of likely N-dealkylation sites (N-methyl/N-ethyl adjacent to an activating group) is 1. The van der Waals surface area contributed by atoms with Gasteiger partial charge in [-0.1, -0.05) is 48.0 Å². The van der Waals surface area contributed by atoms with Crippen molar-refractivity contribution in [2.24, 2.45) is 5.41 Å². The number of amides is 4. The molecule has 5 N–H and O–H groups in total. The fraction of sp³-hybridized carbons (Fsp3) is 0.333. The van der Waals surface area contributed by atoms with E-state index >= 15 is 0 Å². The Bertz CT molecular complexity index is 1360. The molecule has 2 aromatic carbocycles. The van der Waals surface area contributed by atoms with Crippen LogP contribution in [0.3, 0.4) is 0 Å². The first-order valence-electron chi connectivity index (χ1n) is 12.3. The highest BCUT2D eigenvalue weighted by atomic mass is 35.5. The second kappa shape index (κ2) is 13.9. The van der Waals surface area contributed by atoms with Crippen molar-refractivity contribution in [3.63, 3.8) is 0 Å². The summed E-state index contributed by atoms with van der Waals surface area (Å²) in [6, 6.07) is 11.9. The van der Waals surface area contributed by atoms with Crippen LogP contribution in [0.25, 0.3) is 10.8 Å². The van der Waals surface area contributed by atoms with Crippen molar-refractivity contribution in [3.8, 4) is 0 Å². The van der Waals surface area contributed by atoms with E-state index in [0.717, 1.165) is 10.8 Å². The minimum Gasteiger partial charge on any atom is -0.447 e. The Morgan fingerprint density at radius 2 is 1.80 bits per heavy atom. The standard InChI is InChI=1S/C27H31ClFN5O6/c1-27(15-35,16-36)24(37)31-13-20(34(2)25(38)32-12-19-8-5-9-21(29)23(19)28)14-40-26(39)33-22-10-17-6-3-4-7-18(17)11-30-22/h3-11,20,35-36H,12-16H2,1-2H3,(H,31,37)(H,32,38)(H,30,33,39)/t20-/m0/s1. The average Bonchev–Trinajstić information content (AvgIpc) is 2.96. The third-order valence-electron chi connectivity index (χ3n) is 6.34. The van der Waals surface area contributed by atoms with Crippen molar-refractivity contribution >= 4 is 46.2 Å². The van der Waals surface area contributed by atoms with E-state index in [2.05, 4.69) is 20.9 Å². The van der Waals surface area contributed by atoms with Gasteiger partial charge in [0.05, 0.1) is 29.7 Å². The van der Waals surface area contributed by atoms with Gasteiger partial charge in [-0.2, -0.15) is 0 Å². The highest BCUT2D eigenvalue weighted by molar-refractivity contribution is 6.31. The van der Waals surface area contributed by atoms with Crippen molar-refractivity contribution in [1.82, 2.24) is 20.5 Å². The van der Waals surface area contributed by atoms with Gasteiger partial charge in [0.2, 0.25) is 5.91 Å². The van der Waals surface area contributed by atoms with Gasteiger partial charge >= 0.3 is 12.1 Å². The van der Waals surface area contributed by atoms with Gasteiger partial charge in [0.15, 0.2) is 0 Å². The number of rotatable bonds is 11. The normalized spacial score (nSPS) is 11.9. The van der Waals surface area contributed by atoms with Crippen LogP contribution in [0.1, 0.15) is 12.5 Å². The summed E-state index contributed by atoms with van der Waals surface area (Å²) in [7, 11) is 1.42. The molecular formula is C27H31ClFN5O6. The number of anilines is 1. The number of aromatic nitrogens is 1. The van der Waals surface area contributed by atoms with Crippen LogP contribution in [-0.4, -0.2) is 77.6 Å². The van der Waals surface area contributed by atoms with E-state index in [1.54, 1.807) is 18.3 Å². The Morgan fingerprint density at radius 3 is 2.50 bits per heavy atom. The molecule has 0 unspecified atom stereocenters. The van der Waals surface area contributed by atoms with Gasteiger partial charge in [0, 0.05) is 31.7 Å². The first-order chi connectivity index (χ1) is 19.1. The molecule has 1 heterocycles.